The first-order valence-corrected chi connectivity index (χ1v) is 7.26. The Bertz CT molecular complexity index is 402. The Morgan fingerprint density at radius 2 is 2.16 bits per heavy atom. The van der Waals surface area contributed by atoms with E-state index in [1.54, 1.807) is 7.11 Å². The van der Waals surface area contributed by atoms with Crippen molar-refractivity contribution in [3.63, 3.8) is 0 Å². The first-order valence-electron chi connectivity index (χ1n) is 7.26. The Balaban J connectivity index is 2.01. The van der Waals surface area contributed by atoms with Gasteiger partial charge in [0.15, 0.2) is 0 Å². The van der Waals surface area contributed by atoms with Crippen molar-refractivity contribution in [2.75, 3.05) is 13.7 Å². The number of hydrogen-bond donors (Lipinski definition) is 1. The molecule has 0 bridgehead atoms. The van der Waals surface area contributed by atoms with Crippen molar-refractivity contribution in [2.24, 2.45) is 5.92 Å². The lowest BCUT2D eigenvalue weighted by atomic mass is 10.1. The molecule has 106 valence electrons. The summed E-state index contributed by atoms with van der Waals surface area (Å²) in [5.41, 5.74) is 1.22. The Morgan fingerprint density at radius 1 is 1.37 bits per heavy atom. The summed E-state index contributed by atoms with van der Waals surface area (Å²) >= 11 is 0. The Morgan fingerprint density at radius 3 is 2.79 bits per heavy atom. The molecule has 0 spiro atoms. The molecule has 1 unspecified atom stereocenters. The maximum atomic E-state index is 5.97. The minimum atomic E-state index is 0.579. The van der Waals surface area contributed by atoms with E-state index in [2.05, 4.69) is 25.2 Å². The van der Waals surface area contributed by atoms with E-state index >= 15 is 0 Å². The van der Waals surface area contributed by atoms with Gasteiger partial charge >= 0.3 is 0 Å². The average Bonchev–Trinajstić information content (AvgIpc) is 3.26. The first kappa shape index (κ1) is 14.2. The van der Waals surface area contributed by atoms with Crippen molar-refractivity contribution in [1.29, 1.82) is 0 Å². The highest BCUT2D eigenvalue weighted by Crippen LogP contribution is 2.27. The maximum Gasteiger partial charge on any atom is 0.127 e. The molecule has 0 aromatic heterocycles. The average molecular weight is 263 g/mol. The number of rotatable bonds is 8. The first-order chi connectivity index (χ1) is 9.22. The van der Waals surface area contributed by atoms with Gasteiger partial charge in [-0.15, -0.1) is 0 Å². The summed E-state index contributed by atoms with van der Waals surface area (Å²) in [7, 11) is 1.69. The largest absolute Gasteiger partial charge is 0.497 e. The van der Waals surface area contributed by atoms with Crippen molar-refractivity contribution in [2.45, 2.75) is 45.7 Å². The SMILES string of the molecule is CCC(C)COc1cc(OC)ccc1CNC1CC1. The molecule has 1 fully saturated rings. The van der Waals surface area contributed by atoms with Crippen molar-refractivity contribution in [3.8, 4) is 11.5 Å². The summed E-state index contributed by atoms with van der Waals surface area (Å²) in [6.07, 6.45) is 3.75. The molecule has 0 radical (unpaired) electrons. The van der Waals surface area contributed by atoms with Gasteiger partial charge in [0.05, 0.1) is 13.7 Å². The molecular weight excluding hydrogens is 238 g/mol. The molecule has 0 aliphatic heterocycles. The minimum Gasteiger partial charge on any atom is -0.497 e. The molecule has 0 amide bonds. The maximum absolute atomic E-state index is 5.97. The Labute approximate surface area is 116 Å². The zero-order valence-electron chi connectivity index (χ0n) is 12.2. The molecule has 0 saturated heterocycles. The monoisotopic (exact) mass is 263 g/mol. The fourth-order valence-corrected chi connectivity index (χ4v) is 1.83. The summed E-state index contributed by atoms with van der Waals surface area (Å²) in [5, 5.41) is 3.53. The lowest BCUT2D eigenvalue weighted by Gasteiger charge is -2.16. The number of hydrogen-bond acceptors (Lipinski definition) is 3. The lowest BCUT2D eigenvalue weighted by molar-refractivity contribution is 0.252. The number of methoxy groups -OCH3 is 1. The van der Waals surface area contributed by atoms with Crippen LogP contribution < -0.4 is 14.8 Å². The van der Waals surface area contributed by atoms with E-state index in [0.29, 0.717) is 12.0 Å². The second-order valence-corrected chi connectivity index (χ2v) is 5.45. The van der Waals surface area contributed by atoms with Gasteiger partial charge in [0.2, 0.25) is 0 Å². The van der Waals surface area contributed by atoms with Crippen LogP contribution in [0.4, 0.5) is 0 Å². The summed E-state index contributed by atoms with van der Waals surface area (Å²) in [5.74, 6) is 2.39. The molecule has 1 atom stereocenters. The second-order valence-electron chi connectivity index (χ2n) is 5.45. The summed E-state index contributed by atoms with van der Waals surface area (Å²) in [6.45, 7) is 6.04. The van der Waals surface area contributed by atoms with Gasteiger partial charge in [-0.3, -0.25) is 0 Å². The van der Waals surface area contributed by atoms with Crippen LogP contribution in [0.25, 0.3) is 0 Å². The quantitative estimate of drug-likeness (QED) is 0.780. The normalized spacial score (nSPS) is 16.2. The van der Waals surface area contributed by atoms with E-state index in [1.165, 1.54) is 18.4 Å². The van der Waals surface area contributed by atoms with Crippen LogP contribution in [0.1, 0.15) is 38.7 Å². The van der Waals surface area contributed by atoms with Gasteiger partial charge in [-0.1, -0.05) is 26.3 Å². The van der Waals surface area contributed by atoms with E-state index < -0.39 is 0 Å². The van der Waals surface area contributed by atoms with Crippen LogP contribution >= 0.6 is 0 Å². The van der Waals surface area contributed by atoms with Crippen LogP contribution in [0.2, 0.25) is 0 Å². The zero-order valence-corrected chi connectivity index (χ0v) is 12.2. The molecule has 1 aromatic rings. The zero-order chi connectivity index (χ0) is 13.7. The van der Waals surface area contributed by atoms with Crippen LogP contribution in [0.5, 0.6) is 11.5 Å². The van der Waals surface area contributed by atoms with Crippen LogP contribution in [-0.2, 0) is 6.54 Å². The van der Waals surface area contributed by atoms with Gasteiger partial charge in [-0.05, 0) is 24.8 Å². The molecule has 2 rings (SSSR count). The highest BCUT2D eigenvalue weighted by molar-refractivity contribution is 5.40. The number of ether oxygens (including phenoxy) is 2. The summed E-state index contributed by atoms with van der Waals surface area (Å²) < 4.78 is 11.2. The van der Waals surface area contributed by atoms with Crippen LogP contribution in [0.3, 0.4) is 0 Å². The van der Waals surface area contributed by atoms with E-state index in [9.17, 15) is 0 Å². The van der Waals surface area contributed by atoms with E-state index in [4.69, 9.17) is 9.47 Å². The third-order valence-corrected chi connectivity index (χ3v) is 3.65. The molecular formula is C16H25NO2. The van der Waals surface area contributed by atoms with Crippen molar-refractivity contribution in [3.05, 3.63) is 23.8 Å². The number of nitrogens with one attached hydrogen (secondary N) is 1. The molecule has 1 saturated carbocycles. The predicted octanol–water partition coefficient (Wildman–Crippen LogP) is 3.37. The van der Waals surface area contributed by atoms with Gasteiger partial charge in [-0.25, -0.2) is 0 Å². The third kappa shape index (κ3) is 4.43. The van der Waals surface area contributed by atoms with E-state index in [1.807, 2.05) is 12.1 Å². The fraction of sp³-hybridized carbons (Fsp3) is 0.625. The van der Waals surface area contributed by atoms with Gasteiger partial charge in [0.25, 0.3) is 0 Å². The van der Waals surface area contributed by atoms with Gasteiger partial charge in [0, 0.05) is 24.2 Å². The van der Waals surface area contributed by atoms with Crippen molar-refractivity contribution >= 4 is 0 Å². The van der Waals surface area contributed by atoms with E-state index in [0.717, 1.165) is 31.1 Å². The lowest BCUT2D eigenvalue weighted by Crippen LogP contribution is -2.17. The second kappa shape index (κ2) is 6.80. The Hall–Kier alpha value is -1.22. The van der Waals surface area contributed by atoms with Crippen molar-refractivity contribution in [1.82, 2.24) is 5.32 Å². The smallest absolute Gasteiger partial charge is 0.127 e. The third-order valence-electron chi connectivity index (χ3n) is 3.65. The molecule has 0 heterocycles. The van der Waals surface area contributed by atoms with Gasteiger partial charge in [0.1, 0.15) is 11.5 Å². The molecule has 1 aromatic carbocycles. The predicted molar refractivity (Wildman–Crippen MR) is 77.8 cm³/mol. The Kier molecular flexibility index (Phi) is 5.08. The highest BCUT2D eigenvalue weighted by Gasteiger charge is 2.20. The molecule has 3 nitrogen and oxygen atoms in total. The topological polar surface area (TPSA) is 30.5 Å². The minimum absolute atomic E-state index is 0.579. The van der Waals surface area contributed by atoms with Gasteiger partial charge < -0.3 is 14.8 Å². The highest BCUT2D eigenvalue weighted by atomic mass is 16.5. The molecule has 3 heteroatoms. The van der Waals surface area contributed by atoms with E-state index in [-0.39, 0.29) is 0 Å². The summed E-state index contributed by atoms with van der Waals surface area (Å²) in [4.78, 5) is 0. The van der Waals surface area contributed by atoms with Crippen LogP contribution in [-0.4, -0.2) is 19.8 Å². The molecule has 1 aliphatic carbocycles. The van der Waals surface area contributed by atoms with Crippen molar-refractivity contribution < 1.29 is 9.47 Å². The van der Waals surface area contributed by atoms with Crippen LogP contribution in [0, 0.1) is 5.92 Å². The van der Waals surface area contributed by atoms with Gasteiger partial charge in [-0.2, -0.15) is 0 Å². The summed E-state index contributed by atoms with van der Waals surface area (Å²) in [6, 6.07) is 6.80. The molecule has 1 N–H and O–H groups in total. The molecule has 19 heavy (non-hydrogen) atoms. The standard InChI is InChI=1S/C16H25NO2/c1-4-12(2)11-19-16-9-15(18-3)8-5-13(16)10-17-14-6-7-14/h5,8-9,12,14,17H,4,6-7,10-11H2,1-3H3. The fourth-order valence-electron chi connectivity index (χ4n) is 1.83. The number of benzene rings is 1. The van der Waals surface area contributed by atoms with Crippen LogP contribution in [0.15, 0.2) is 18.2 Å². The molecule has 1 aliphatic rings.